The van der Waals surface area contributed by atoms with Gasteiger partial charge in [0.1, 0.15) is 0 Å². The van der Waals surface area contributed by atoms with Gasteiger partial charge in [-0.05, 0) is 36.4 Å². The van der Waals surface area contributed by atoms with Crippen LogP contribution in [-0.4, -0.2) is 0 Å². The highest BCUT2D eigenvalue weighted by Gasteiger charge is 2.27. The molecule has 22 heavy (non-hydrogen) atoms. The minimum absolute atomic E-state index is 0.138. The van der Waals surface area contributed by atoms with E-state index in [1.807, 2.05) is 11.3 Å². The minimum atomic E-state index is 0.138. The van der Waals surface area contributed by atoms with Crippen molar-refractivity contribution < 1.29 is 0 Å². The Balaban J connectivity index is 1.88. The van der Waals surface area contributed by atoms with Crippen LogP contribution in [0.2, 0.25) is 0 Å². The third kappa shape index (κ3) is 2.21. The van der Waals surface area contributed by atoms with E-state index in [-0.39, 0.29) is 5.41 Å². The Bertz CT molecular complexity index is 949. The number of allylic oxidation sites excluding steroid dienone is 6. The number of fused-ring (bicyclic) bond motifs is 3. The largest absolute Gasteiger partial charge is 0.136 e. The van der Waals surface area contributed by atoms with Crippen LogP contribution in [0, 0.1) is 5.41 Å². The molecule has 2 aliphatic rings. The monoisotopic (exact) mass is 304 g/mol. The fraction of sp³-hybridized carbons (Fsp3) is 0.238. The Hall–Kier alpha value is -1.86. The van der Waals surface area contributed by atoms with E-state index in [0.717, 1.165) is 12.8 Å². The van der Waals surface area contributed by atoms with Crippen molar-refractivity contribution in [1.82, 2.24) is 0 Å². The van der Waals surface area contributed by atoms with Gasteiger partial charge in [-0.1, -0.05) is 72.7 Å². The number of thiophene rings is 1. The van der Waals surface area contributed by atoms with Gasteiger partial charge in [0.25, 0.3) is 0 Å². The zero-order valence-corrected chi connectivity index (χ0v) is 13.9. The van der Waals surface area contributed by atoms with Crippen LogP contribution in [0.15, 0.2) is 59.7 Å². The van der Waals surface area contributed by atoms with Crippen LogP contribution in [-0.2, 0) is 0 Å². The van der Waals surface area contributed by atoms with Crippen molar-refractivity contribution in [2.75, 3.05) is 0 Å². The predicted molar refractivity (Wildman–Crippen MR) is 98.3 cm³/mol. The van der Waals surface area contributed by atoms with Crippen LogP contribution >= 0.6 is 11.3 Å². The summed E-state index contributed by atoms with van der Waals surface area (Å²) in [5.41, 5.74) is 2.99. The molecule has 4 rings (SSSR count). The average Bonchev–Trinajstić information content (AvgIpc) is 2.71. The van der Waals surface area contributed by atoms with Gasteiger partial charge in [-0.15, -0.1) is 11.3 Å². The zero-order valence-electron chi connectivity index (χ0n) is 13.1. The molecule has 1 heterocycles. The summed E-state index contributed by atoms with van der Waals surface area (Å²) < 4.78 is 2.83. The highest BCUT2D eigenvalue weighted by atomic mass is 32.1. The van der Waals surface area contributed by atoms with E-state index < -0.39 is 0 Å². The summed E-state index contributed by atoms with van der Waals surface area (Å²) >= 11 is 1.92. The van der Waals surface area contributed by atoms with E-state index in [0.29, 0.717) is 0 Å². The normalized spacial score (nSPS) is 23.9. The van der Waals surface area contributed by atoms with Gasteiger partial charge in [-0.3, -0.25) is 0 Å². The topological polar surface area (TPSA) is 0 Å². The van der Waals surface area contributed by atoms with Crippen molar-refractivity contribution >= 4 is 33.6 Å². The van der Waals surface area contributed by atoms with E-state index in [1.54, 1.807) is 0 Å². The maximum absolute atomic E-state index is 2.50. The van der Waals surface area contributed by atoms with Crippen molar-refractivity contribution in [1.29, 1.82) is 0 Å². The molecule has 1 heteroatoms. The fourth-order valence-electron chi connectivity index (χ4n) is 3.44. The maximum atomic E-state index is 2.50. The zero-order chi connectivity index (χ0) is 15.2. The van der Waals surface area contributed by atoms with E-state index >= 15 is 0 Å². The molecule has 1 aromatic heterocycles. The van der Waals surface area contributed by atoms with Crippen LogP contribution in [0.1, 0.15) is 26.7 Å². The third-order valence-electron chi connectivity index (χ3n) is 4.84. The molecule has 0 saturated carbocycles. The minimum Gasteiger partial charge on any atom is -0.136 e. The molecule has 1 aromatic carbocycles. The maximum Gasteiger partial charge on any atom is 0.0355 e. The van der Waals surface area contributed by atoms with Crippen LogP contribution < -0.4 is 9.75 Å². The van der Waals surface area contributed by atoms with Gasteiger partial charge in [0, 0.05) is 14.6 Å². The molecule has 2 aromatic rings. The molecule has 2 aliphatic carbocycles. The Morgan fingerprint density at radius 2 is 2.00 bits per heavy atom. The molecule has 0 spiro atoms. The standard InChI is InChI=1S/C21H20S/c1-15-6-5-7-16(11-10-15)21(2)13-12-18-17-8-3-4-9-19(17)22-20(18)14-21/h3-6,8-12,14H,7,13H2,1-2H3. The Kier molecular flexibility index (Phi) is 3.19. The van der Waals surface area contributed by atoms with Crippen molar-refractivity contribution in [3.63, 3.8) is 0 Å². The highest BCUT2D eigenvalue weighted by Crippen LogP contribution is 2.38. The van der Waals surface area contributed by atoms with Gasteiger partial charge in [0.2, 0.25) is 0 Å². The van der Waals surface area contributed by atoms with Crippen molar-refractivity contribution in [2.24, 2.45) is 5.41 Å². The average molecular weight is 304 g/mol. The lowest BCUT2D eigenvalue weighted by molar-refractivity contribution is 0.558. The highest BCUT2D eigenvalue weighted by molar-refractivity contribution is 7.17. The summed E-state index contributed by atoms with van der Waals surface area (Å²) in [5, 5.41) is 2.85. The van der Waals surface area contributed by atoms with Gasteiger partial charge in [-0.25, -0.2) is 0 Å². The Morgan fingerprint density at radius 3 is 2.91 bits per heavy atom. The van der Waals surface area contributed by atoms with Crippen LogP contribution in [0.5, 0.6) is 0 Å². The molecule has 0 radical (unpaired) electrons. The SMILES string of the molecule is CC1=CC=C(C2(C)C=c3sc4ccccc4c3=CC2)CC=C1. The fourth-order valence-corrected chi connectivity index (χ4v) is 4.73. The van der Waals surface area contributed by atoms with Gasteiger partial charge in [0.05, 0.1) is 0 Å². The first kappa shape index (κ1) is 13.8. The van der Waals surface area contributed by atoms with E-state index in [9.17, 15) is 0 Å². The molecule has 1 atom stereocenters. The smallest absolute Gasteiger partial charge is 0.0355 e. The van der Waals surface area contributed by atoms with Crippen LogP contribution in [0.4, 0.5) is 0 Å². The van der Waals surface area contributed by atoms with Gasteiger partial charge < -0.3 is 0 Å². The molecule has 1 unspecified atom stereocenters. The number of hydrogen-bond acceptors (Lipinski definition) is 1. The molecule has 0 N–H and O–H groups in total. The second-order valence-electron chi connectivity index (χ2n) is 6.56. The first-order valence-electron chi connectivity index (χ1n) is 7.91. The molecule has 0 bridgehead atoms. The Labute approximate surface area is 135 Å². The second-order valence-corrected chi connectivity index (χ2v) is 7.64. The summed E-state index contributed by atoms with van der Waals surface area (Å²) in [6, 6.07) is 8.76. The predicted octanol–water partition coefficient (Wildman–Crippen LogP) is 4.70. The molecule has 0 amide bonds. The molecular formula is C21H20S. The van der Waals surface area contributed by atoms with Crippen molar-refractivity contribution in [3.8, 4) is 0 Å². The molecule has 0 aliphatic heterocycles. The van der Waals surface area contributed by atoms with Gasteiger partial charge in [0.15, 0.2) is 0 Å². The first-order chi connectivity index (χ1) is 10.7. The van der Waals surface area contributed by atoms with E-state index in [4.69, 9.17) is 0 Å². The molecule has 0 saturated heterocycles. The lowest BCUT2D eigenvalue weighted by Gasteiger charge is -2.29. The third-order valence-corrected chi connectivity index (χ3v) is 5.98. The van der Waals surface area contributed by atoms with E-state index in [2.05, 4.69) is 74.6 Å². The summed E-state index contributed by atoms with van der Waals surface area (Å²) in [5.74, 6) is 0. The summed E-state index contributed by atoms with van der Waals surface area (Å²) in [7, 11) is 0. The molecule has 110 valence electrons. The Morgan fingerprint density at radius 1 is 1.14 bits per heavy atom. The van der Waals surface area contributed by atoms with Crippen LogP contribution in [0.3, 0.4) is 0 Å². The summed E-state index contributed by atoms with van der Waals surface area (Å²) in [4.78, 5) is 0. The summed E-state index contributed by atoms with van der Waals surface area (Å²) in [6.07, 6.45) is 16.2. The summed E-state index contributed by atoms with van der Waals surface area (Å²) in [6.45, 7) is 4.55. The molecule has 0 fully saturated rings. The van der Waals surface area contributed by atoms with Gasteiger partial charge >= 0.3 is 0 Å². The van der Waals surface area contributed by atoms with Crippen LogP contribution in [0.25, 0.3) is 22.2 Å². The second kappa shape index (κ2) is 5.10. The van der Waals surface area contributed by atoms with Crippen molar-refractivity contribution in [3.05, 3.63) is 69.5 Å². The van der Waals surface area contributed by atoms with Crippen molar-refractivity contribution in [2.45, 2.75) is 26.7 Å². The number of rotatable bonds is 1. The van der Waals surface area contributed by atoms with E-state index in [1.165, 1.54) is 31.0 Å². The number of hydrogen-bond donors (Lipinski definition) is 0. The number of benzene rings is 1. The molecular weight excluding hydrogens is 284 g/mol. The first-order valence-corrected chi connectivity index (χ1v) is 8.72. The quantitative estimate of drug-likeness (QED) is 0.716. The lowest BCUT2D eigenvalue weighted by Crippen LogP contribution is -2.30. The lowest BCUT2D eigenvalue weighted by atomic mass is 9.75. The van der Waals surface area contributed by atoms with Gasteiger partial charge in [-0.2, -0.15) is 0 Å². The molecule has 0 nitrogen and oxygen atoms in total.